The van der Waals surface area contributed by atoms with Crippen molar-refractivity contribution in [2.45, 2.75) is 38.5 Å². The van der Waals surface area contributed by atoms with E-state index in [2.05, 4.69) is 13.8 Å². The van der Waals surface area contributed by atoms with Crippen LogP contribution in [0.5, 0.6) is 0 Å². The van der Waals surface area contributed by atoms with Crippen LogP contribution in [0.2, 0.25) is 0 Å². The number of piperidine rings is 1. The maximum atomic E-state index is 12.7. The summed E-state index contributed by atoms with van der Waals surface area (Å²) in [5.74, 6) is -0.254. The number of primary sulfonamides is 1. The Morgan fingerprint density at radius 1 is 1.33 bits per heavy atom. The van der Waals surface area contributed by atoms with E-state index in [1.165, 1.54) is 6.07 Å². The van der Waals surface area contributed by atoms with Gasteiger partial charge in [0.25, 0.3) is 5.91 Å². The highest BCUT2D eigenvalue weighted by Crippen LogP contribution is 2.30. The first-order valence-electron chi connectivity index (χ1n) is 7.03. The topological polar surface area (TPSA) is 80.5 Å². The Morgan fingerprint density at radius 2 is 2.00 bits per heavy atom. The first-order valence-corrected chi connectivity index (χ1v) is 8.57. The number of rotatable bonds is 2. The molecule has 0 aromatic heterocycles. The van der Waals surface area contributed by atoms with E-state index in [1.807, 2.05) is 6.92 Å². The molecule has 1 aliphatic heterocycles. The maximum absolute atomic E-state index is 12.7. The van der Waals surface area contributed by atoms with Gasteiger partial charge in [-0.2, -0.15) is 0 Å². The minimum absolute atomic E-state index is 0.0550. The van der Waals surface area contributed by atoms with Gasteiger partial charge < -0.3 is 4.90 Å². The molecule has 1 saturated heterocycles. The van der Waals surface area contributed by atoms with Crippen LogP contribution >= 0.6 is 0 Å². The molecule has 116 valence electrons. The molecule has 1 aromatic rings. The highest BCUT2D eigenvalue weighted by atomic mass is 32.2. The standard InChI is InChI=1S/C15H22N2O3S/c1-11-5-6-13(21(16,19)20)12(9-11)14(18)17-8-4-7-15(2,3)10-17/h5-6,9H,4,7-8,10H2,1-3H3,(H2,16,19,20). The van der Waals surface area contributed by atoms with Gasteiger partial charge in [0.05, 0.1) is 10.5 Å². The molecule has 1 aliphatic rings. The van der Waals surface area contributed by atoms with Crippen LogP contribution in [0.1, 0.15) is 42.6 Å². The monoisotopic (exact) mass is 310 g/mol. The van der Waals surface area contributed by atoms with Gasteiger partial charge in [0.1, 0.15) is 0 Å². The molecule has 0 spiro atoms. The zero-order valence-electron chi connectivity index (χ0n) is 12.7. The summed E-state index contributed by atoms with van der Waals surface area (Å²) in [5, 5.41) is 5.23. The average Bonchev–Trinajstić information content (AvgIpc) is 2.35. The summed E-state index contributed by atoms with van der Waals surface area (Å²) < 4.78 is 23.4. The van der Waals surface area contributed by atoms with Crippen LogP contribution in [-0.2, 0) is 10.0 Å². The summed E-state index contributed by atoms with van der Waals surface area (Å²) in [5.41, 5.74) is 1.07. The fourth-order valence-electron chi connectivity index (χ4n) is 2.83. The number of sulfonamides is 1. The zero-order valence-corrected chi connectivity index (χ0v) is 13.5. The van der Waals surface area contributed by atoms with Crippen molar-refractivity contribution in [1.29, 1.82) is 0 Å². The smallest absolute Gasteiger partial charge is 0.255 e. The number of aryl methyl sites for hydroxylation is 1. The molecule has 0 saturated carbocycles. The summed E-state index contributed by atoms with van der Waals surface area (Å²) in [6, 6.07) is 4.66. The molecule has 0 atom stereocenters. The Labute approximate surface area is 126 Å². The quantitative estimate of drug-likeness (QED) is 0.906. The molecule has 6 heteroatoms. The molecule has 0 unspecified atom stereocenters. The van der Waals surface area contributed by atoms with Gasteiger partial charge in [-0.3, -0.25) is 4.79 Å². The number of hydrogen-bond donors (Lipinski definition) is 1. The maximum Gasteiger partial charge on any atom is 0.255 e. The van der Waals surface area contributed by atoms with Gasteiger partial charge >= 0.3 is 0 Å². The lowest BCUT2D eigenvalue weighted by Gasteiger charge is -2.38. The number of carbonyl (C=O) groups excluding carboxylic acids is 1. The molecule has 5 nitrogen and oxygen atoms in total. The van der Waals surface area contributed by atoms with Crippen LogP contribution in [0.3, 0.4) is 0 Å². The van der Waals surface area contributed by atoms with Crippen molar-refractivity contribution in [3.8, 4) is 0 Å². The predicted octanol–water partition coefficient (Wildman–Crippen LogP) is 1.90. The second-order valence-electron chi connectivity index (χ2n) is 6.54. The fraction of sp³-hybridized carbons (Fsp3) is 0.533. The number of nitrogens with zero attached hydrogens (tertiary/aromatic N) is 1. The van der Waals surface area contributed by atoms with Gasteiger partial charge in [0.15, 0.2) is 0 Å². The summed E-state index contributed by atoms with van der Waals surface area (Å²) in [7, 11) is -3.91. The Hall–Kier alpha value is -1.40. The van der Waals surface area contributed by atoms with E-state index in [1.54, 1.807) is 17.0 Å². The van der Waals surface area contributed by atoms with Gasteiger partial charge in [-0.1, -0.05) is 25.5 Å². The molecular weight excluding hydrogens is 288 g/mol. The lowest BCUT2D eigenvalue weighted by Crippen LogP contribution is -2.44. The number of amides is 1. The first-order chi connectivity index (χ1) is 9.60. The summed E-state index contributed by atoms with van der Waals surface area (Å²) >= 11 is 0. The Balaban J connectivity index is 2.41. The highest BCUT2D eigenvalue weighted by Gasteiger charge is 2.31. The van der Waals surface area contributed by atoms with Crippen LogP contribution in [-0.4, -0.2) is 32.3 Å². The molecule has 2 rings (SSSR count). The number of benzene rings is 1. The predicted molar refractivity (Wildman–Crippen MR) is 81.5 cm³/mol. The first kappa shape index (κ1) is 16.0. The lowest BCUT2D eigenvalue weighted by molar-refractivity contribution is 0.0579. The number of nitrogens with two attached hydrogens (primary N) is 1. The van der Waals surface area contributed by atoms with E-state index in [0.717, 1.165) is 18.4 Å². The summed E-state index contributed by atoms with van der Waals surface area (Å²) in [6.45, 7) is 7.33. The third-order valence-electron chi connectivity index (χ3n) is 3.86. The van der Waals surface area contributed by atoms with E-state index in [4.69, 9.17) is 5.14 Å². The van der Waals surface area contributed by atoms with Crippen molar-refractivity contribution in [2.75, 3.05) is 13.1 Å². The molecular formula is C15H22N2O3S. The number of hydrogen-bond acceptors (Lipinski definition) is 3. The van der Waals surface area contributed by atoms with Crippen LogP contribution < -0.4 is 5.14 Å². The molecule has 0 radical (unpaired) electrons. The molecule has 1 amide bonds. The van der Waals surface area contributed by atoms with E-state index >= 15 is 0 Å². The van der Waals surface area contributed by atoms with Crippen molar-refractivity contribution in [3.63, 3.8) is 0 Å². The van der Waals surface area contributed by atoms with Crippen molar-refractivity contribution < 1.29 is 13.2 Å². The van der Waals surface area contributed by atoms with Crippen molar-refractivity contribution in [3.05, 3.63) is 29.3 Å². The van der Waals surface area contributed by atoms with Gasteiger partial charge in [0, 0.05) is 13.1 Å². The van der Waals surface area contributed by atoms with E-state index in [-0.39, 0.29) is 21.8 Å². The highest BCUT2D eigenvalue weighted by molar-refractivity contribution is 7.89. The second-order valence-corrected chi connectivity index (χ2v) is 8.07. The number of likely N-dealkylation sites (tertiary alicyclic amines) is 1. The SMILES string of the molecule is Cc1ccc(S(N)(=O)=O)c(C(=O)N2CCCC(C)(C)C2)c1. The average molecular weight is 310 g/mol. The van der Waals surface area contributed by atoms with Crippen LogP contribution in [0.25, 0.3) is 0 Å². The zero-order chi connectivity index (χ0) is 15.8. The van der Waals surface area contributed by atoms with E-state index < -0.39 is 10.0 Å². The normalized spacial score (nSPS) is 18.6. The van der Waals surface area contributed by atoms with Crippen LogP contribution in [0.15, 0.2) is 23.1 Å². The molecule has 21 heavy (non-hydrogen) atoms. The summed E-state index contributed by atoms with van der Waals surface area (Å²) in [4.78, 5) is 14.3. The fourth-order valence-corrected chi connectivity index (χ4v) is 3.54. The van der Waals surface area contributed by atoms with Gasteiger partial charge in [-0.05, 0) is 37.3 Å². The summed E-state index contributed by atoms with van der Waals surface area (Å²) in [6.07, 6.45) is 1.99. The van der Waals surface area contributed by atoms with E-state index in [9.17, 15) is 13.2 Å². The lowest BCUT2D eigenvalue weighted by atomic mass is 9.84. The van der Waals surface area contributed by atoms with Crippen molar-refractivity contribution in [2.24, 2.45) is 10.6 Å². The largest absolute Gasteiger partial charge is 0.338 e. The third-order valence-corrected chi connectivity index (χ3v) is 4.83. The minimum Gasteiger partial charge on any atom is -0.338 e. The Morgan fingerprint density at radius 3 is 2.57 bits per heavy atom. The molecule has 2 N–H and O–H groups in total. The molecule has 1 aromatic carbocycles. The second kappa shape index (κ2) is 5.42. The van der Waals surface area contributed by atoms with E-state index in [0.29, 0.717) is 13.1 Å². The molecule has 1 heterocycles. The minimum atomic E-state index is -3.91. The van der Waals surface area contributed by atoms with Crippen molar-refractivity contribution >= 4 is 15.9 Å². The van der Waals surface area contributed by atoms with Gasteiger partial charge in [-0.25, -0.2) is 13.6 Å². The van der Waals surface area contributed by atoms with Crippen molar-refractivity contribution in [1.82, 2.24) is 4.90 Å². The molecule has 0 bridgehead atoms. The Bertz CT molecular complexity index is 665. The van der Waals surface area contributed by atoms with Crippen LogP contribution in [0.4, 0.5) is 0 Å². The van der Waals surface area contributed by atoms with Crippen LogP contribution in [0, 0.1) is 12.3 Å². The molecule has 0 aliphatic carbocycles. The number of carbonyl (C=O) groups is 1. The van der Waals surface area contributed by atoms with Gasteiger partial charge in [-0.15, -0.1) is 0 Å². The van der Waals surface area contributed by atoms with Gasteiger partial charge in [0.2, 0.25) is 10.0 Å². The Kier molecular flexibility index (Phi) is 4.13. The molecule has 1 fully saturated rings. The third kappa shape index (κ3) is 3.63.